The fourth-order valence-corrected chi connectivity index (χ4v) is 6.27. The second-order valence-corrected chi connectivity index (χ2v) is 12.9. The topological polar surface area (TPSA) is 96.0 Å². The van der Waals surface area contributed by atoms with E-state index in [0.29, 0.717) is 5.75 Å². The predicted octanol–water partition coefficient (Wildman–Crippen LogP) is 5.50. The standard InChI is InChI=1S/C35H38FN3O5S/c1-25(2)37-35(41)33(22-27-10-6-5-7-11-27)38(23-28-12-8-9-13-32(28)36)34(40)24-39(29-16-18-30(44-4)19-17-29)45(42,43)31-20-14-26(3)15-21-31/h5-21,25,33H,22-24H2,1-4H3,(H,37,41)/t33-/m0/s1. The van der Waals surface area contributed by atoms with E-state index in [1.54, 1.807) is 62.4 Å². The monoisotopic (exact) mass is 631 g/mol. The van der Waals surface area contributed by atoms with Crippen LogP contribution in [0, 0.1) is 12.7 Å². The van der Waals surface area contributed by atoms with Gasteiger partial charge in [0.05, 0.1) is 17.7 Å². The van der Waals surface area contributed by atoms with E-state index in [1.165, 1.54) is 36.3 Å². The lowest BCUT2D eigenvalue weighted by Crippen LogP contribution is -2.54. The molecular formula is C35H38FN3O5S. The number of sulfonamides is 1. The van der Waals surface area contributed by atoms with Gasteiger partial charge in [0.1, 0.15) is 24.2 Å². The van der Waals surface area contributed by atoms with Crippen molar-refractivity contribution in [2.75, 3.05) is 18.0 Å². The summed E-state index contributed by atoms with van der Waals surface area (Å²) in [4.78, 5) is 29.4. The lowest BCUT2D eigenvalue weighted by atomic mass is 10.0. The minimum absolute atomic E-state index is 0.00393. The van der Waals surface area contributed by atoms with Crippen molar-refractivity contribution in [1.29, 1.82) is 0 Å². The van der Waals surface area contributed by atoms with Crippen LogP contribution in [0.15, 0.2) is 108 Å². The molecule has 4 rings (SSSR count). The van der Waals surface area contributed by atoms with E-state index >= 15 is 4.39 Å². The highest BCUT2D eigenvalue weighted by atomic mass is 32.2. The van der Waals surface area contributed by atoms with Crippen molar-refractivity contribution in [2.24, 2.45) is 0 Å². The molecule has 4 aromatic rings. The molecule has 1 atom stereocenters. The van der Waals surface area contributed by atoms with Gasteiger partial charge >= 0.3 is 0 Å². The number of nitrogens with one attached hydrogen (secondary N) is 1. The summed E-state index contributed by atoms with van der Waals surface area (Å²) in [7, 11) is -2.76. The molecule has 0 aliphatic carbocycles. The molecule has 0 radical (unpaired) electrons. The molecule has 0 aliphatic rings. The van der Waals surface area contributed by atoms with Gasteiger partial charge in [-0.1, -0.05) is 66.2 Å². The van der Waals surface area contributed by atoms with Crippen molar-refractivity contribution >= 4 is 27.5 Å². The Morgan fingerprint density at radius 1 is 0.867 bits per heavy atom. The van der Waals surface area contributed by atoms with Crippen LogP contribution in [0.2, 0.25) is 0 Å². The highest BCUT2D eigenvalue weighted by Crippen LogP contribution is 2.27. The Hall–Kier alpha value is -4.70. The number of methoxy groups -OCH3 is 1. The third kappa shape index (κ3) is 8.48. The zero-order valence-electron chi connectivity index (χ0n) is 25.8. The maximum Gasteiger partial charge on any atom is 0.264 e. The number of aryl methyl sites for hydroxylation is 1. The number of carbonyl (C=O) groups excluding carboxylic acids is 2. The fourth-order valence-electron chi connectivity index (χ4n) is 4.86. The third-order valence-electron chi connectivity index (χ3n) is 7.25. The van der Waals surface area contributed by atoms with E-state index in [-0.39, 0.29) is 35.2 Å². The molecule has 2 amide bonds. The molecule has 0 unspecified atom stereocenters. The number of anilines is 1. The van der Waals surface area contributed by atoms with E-state index in [9.17, 15) is 18.0 Å². The average Bonchev–Trinajstić information content (AvgIpc) is 3.02. The molecule has 0 bridgehead atoms. The quantitative estimate of drug-likeness (QED) is 0.210. The van der Waals surface area contributed by atoms with Crippen molar-refractivity contribution < 1.29 is 27.1 Å². The van der Waals surface area contributed by atoms with Crippen LogP contribution < -0.4 is 14.4 Å². The summed E-state index contributed by atoms with van der Waals surface area (Å²) in [6.45, 7) is 4.56. The maximum atomic E-state index is 15.0. The van der Waals surface area contributed by atoms with Gasteiger partial charge in [-0.3, -0.25) is 13.9 Å². The SMILES string of the molecule is COc1ccc(N(CC(=O)N(Cc2ccccc2F)[C@@H](Cc2ccccc2)C(=O)NC(C)C)S(=O)(=O)c2ccc(C)cc2)cc1. The van der Waals surface area contributed by atoms with Crippen molar-refractivity contribution in [3.63, 3.8) is 0 Å². The van der Waals surface area contributed by atoms with Crippen molar-refractivity contribution in [1.82, 2.24) is 10.2 Å². The van der Waals surface area contributed by atoms with E-state index in [4.69, 9.17) is 4.74 Å². The number of amides is 2. The number of hydrogen-bond donors (Lipinski definition) is 1. The Morgan fingerprint density at radius 3 is 2.09 bits per heavy atom. The van der Waals surface area contributed by atoms with Crippen LogP contribution in [0.1, 0.15) is 30.5 Å². The van der Waals surface area contributed by atoms with Crippen LogP contribution in [0.5, 0.6) is 5.75 Å². The van der Waals surface area contributed by atoms with Gasteiger partial charge in [0.25, 0.3) is 10.0 Å². The predicted molar refractivity (Wildman–Crippen MR) is 173 cm³/mol. The van der Waals surface area contributed by atoms with Gasteiger partial charge in [0.15, 0.2) is 0 Å². The molecule has 1 N–H and O–H groups in total. The minimum atomic E-state index is -4.25. The summed E-state index contributed by atoms with van der Waals surface area (Å²) in [5.41, 5.74) is 2.07. The molecule has 236 valence electrons. The largest absolute Gasteiger partial charge is 0.497 e. The molecule has 4 aromatic carbocycles. The number of benzene rings is 4. The van der Waals surface area contributed by atoms with Crippen molar-refractivity contribution in [3.8, 4) is 5.75 Å². The summed E-state index contributed by atoms with van der Waals surface area (Å²) in [5, 5.41) is 2.89. The number of ether oxygens (including phenoxy) is 1. The van der Waals surface area contributed by atoms with Gasteiger partial charge in [-0.05, 0) is 68.8 Å². The average molecular weight is 632 g/mol. The minimum Gasteiger partial charge on any atom is -0.497 e. The molecule has 8 nitrogen and oxygen atoms in total. The highest BCUT2D eigenvalue weighted by Gasteiger charge is 2.35. The first-order valence-corrected chi connectivity index (χ1v) is 16.0. The third-order valence-corrected chi connectivity index (χ3v) is 9.04. The number of hydrogen-bond acceptors (Lipinski definition) is 5. The first-order valence-electron chi connectivity index (χ1n) is 14.6. The van der Waals surface area contributed by atoms with Gasteiger partial charge in [0, 0.05) is 24.6 Å². The number of nitrogens with zero attached hydrogens (tertiary/aromatic N) is 2. The van der Waals surface area contributed by atoms with E-state index in [1.807, 2.05) is 37.3 Å². The summed E-state index contributed by atoms with van der Waals surface area (Å²) >= 11 is 0. The lowest BCUT2D eigenvalue weighted by molar-refractivity contribution is -0.140. The number of halogens is 1. The van der Waals surface area contributed by atoms with Gasteiger partial charge < -0.3 is 15.0 Å². The Bertz CT molecular complexity index is 1700. The smallest absolute Gasteiger partial charge is 0.264 e. The molecule has 0 heterocycles. The summed E-state index contributed by atoms with van der Waals surface area (Å²) in [6, 6.07) is 26.5. The van der Waals surface area contributed by atoms with Gasteiger partial charge in [-0.25, -0.2) is 12.8 Å². The molecule has 0 spiro atoms. The van der Waals surface area contributed by atoms with Crippen LogP contribution in [0.25, 0.3) is 0 Å². The van der Waals surface area contributed by atoms with E-state index in [2.05, 4.69) is 5.32 Å². The van der Waals surface area contributed by atoms with Crippen molar-refractivity contribution in [3.05, 3.63) is 126 Å². The molecular weight excluding hydrogens is 593 g/mol. The Balaban J connectivity index is 1.81. The first-order chi connectivity index (χ1) is 21.5. The normalized spacial score (nSPS) is 12.0. The second-order valence-electron chi connectivity index (χ2n) is 11.0. The van der Waals surface area contributed by atoms with Gasteiger partial charge in [-0.2, -0.15) is 0 Å². The van der Waals surface area contributed by atoms with Crippen molar-refractivity contribution in [2.45, 2.75) is 50.7 Å². The Labute approximate surface area is 264 Å². The summed E-state index contributed by atoms with van der Waals surface area (Å²) < 4.78 is 49.4. The molecule has 0 aromatic heterocycles. The second kappa shape index (κ2) is 14.9. The highest BCUT2D eigenvalue weighted by molar-refractivity contribution is 7.92. The van der Waals surface area contributed by atoms with E-state index < -0.39 is 40.2 Å². The van der Waals surface area contributed by atoms with Crippen LogP contribution in [-0.2, 0) is 32.6 Å². The Morgan fingerprint density at radius 2 is 1.49 bits per heavy atom. The van der Waals surface area contributed by atoms with Crippen LogP contribution >= 0.6 is 0 Å². The summed E-state index contributed by atoms with van der Waals surface area (Å²) in [5.74, 6) is -1.15. The molecule has 45 heavy (non-hydrogen) atoms. The van der Waals surface area contributed by atoms with Gasteiger partial charge in [0.2, 0.25) is 11.8 Å². The van der Waals surface area contributed by atoms with Crippen LogP contribution in [0.3, 0.4) is 0 Å². The van der Waals surface area contributed by atoms with Crippen LogP contribution in [0.4, 0.5) is 10.1 Å². The van der Waals surface area contributed by atoms with E-state index in [0.717, 1.165) is 15.4 Å². The maximum absolute atomic E-state index is 15.0. The molecule has 0 saturated carbocycles. The molecule has 10 heteroatoms. The Kier molecular flexibility index (Phi) is 11.0. The number of rotatable bonds is 13. The lowest BCUT2D eigenvalue weighted by Gasteiger charge is -2.34. The summed E-state index contributed by atoms with van der Waals surface area (Å²) in [6.07, 6.45) is 0.132. The first kappa shape index (κ1) is 33.2. The van der Waals surface area contributed by atoms with Gasteiger partial charge in [-0.15, -0.1) is 0 Å². The number of carbonyl (C=O) groups is 2. The fraction of sp³-hybridized carbons (Fsp3) is 0.257. The van der Waals surface area contributed by atoms with Crippen LogP contribution in [-0.4, -0.2) is 50.9 Å². The molecule has 0 fully saturated rings. The molecule has 0 saturated heterocycles. The zero-order valence-corrected chi connectivity index (χ0v) is 26.6. The molecule has 0 aliphatic heterocycles. The zero-order chi connectivity index (χ0) is 32.6.